The molecule has 2 atom stereocenters. The summed E-state index contributed by atoms with van der Waals surface area (Å²) in [6, 6.07) is 7.63. The molecule has 0 bridgehead atoms. The molecular formula is C18H26N4O4S. The van der Waals surface area contributed by atoms with Crippen LogP contribution < -0.4 is 4.74 Å². The molecule has 0 spiro atoms. The highest BCUT2D eigenvalue weighted by molar-refractivity contribution is 7.89. The van der Waals surface area contributed by atoms with Crippen LogP contribution in [0.2, 0.25) is 0 Å². The maximum absolute atomic E-state index is 12.1. The molecule has 8 nitrogen and oxygen atoms in total. The molecule has 0 unspecified atom stereocenters. The lowest BCUT2D eigenvalue weighted by atomic mass is 10.1. The standard InChI is InChI=1S/C18H26N4O4S/c1-20(2)27(24,25)13-15-11-21(12-17(15)23)9-14-8-19-22(10-14)16-6-4-5-7-18(16)26-3/h4-8,10,15,17,23H,9,11-13H2,1-3H3/t15-,17-/m0/s1. The number of aliphatic hydroxyl groups is 1. The molecule has 2 heterocycles. The van der Waals surface area contributed by atoms with Crippen LogP contribution in [0.5, 0.6) is 5.75 Å². The Morgan fingerprint density at radius 1 is 1.30 bits per heavy atom. The number of ether oxygens (including phenoxy) is 1. The largest absolute Gasteiger partial charge is 0.494 e. The van der Waals surface area contributed by atoms with Gasteiger partial charge in [0.15, 0.2) is 0 Å². The molecule has 148 valence electrons. The first-order valence-electron chi connectivity index (χ1n) is 8.77. The minimum Gasteiger partial charge on any atom is -0.494 e. The van der Waals surface area contributed by atoms with Crippen LogP contribution in [0.4, 0.5) is 0 Å². The first-order chi connectivity index (χ1) is 12.8. The molecule has 0 saturated carbocycles. The Bertz CT molecular complexity index is 881. The third kappa shape index (κ3) is 4.49. The highest BCUT2D eigenvalue weighted by Crippen LogP contribution is 2.24. The smallest absolute Gasteiger partial charge is 0.214 e. The number of aromatic nitrogens is 2. The Morgan fingerprint density at radius 3 is 2.74 bits per heavy atom. The molecule has 3 rings (SSSR count). The third-order valence-electron chi connectivity index (χ3n) is 4.84. The van der Waals surface area contributed by atoms with E-state index in [1.807, 2.05) is 30.5 Å². The van der Waals surface area contributed by atoms with Crippen molar-refractivity contribution in [3.05, 3.63) is 42.2 Å². The van der Waals surface area contributed by atoms with Crippen molar-refractivity contribution in [1.29, 1.82) is 0 Å². The predicted octanol–water partition coefficient (Wildman–Crippen LogP) is 0.565. The van der Waals surface area contributed by atoms with Gasteiger partial charge in [-0.3, -0.25) is 4.90 Å². The van der Waals surface area contributed by atoms with Crippen molar-refractivity contribution < 1.29 is 18.3 Å². The van der Waals surface area contributed by atoms with Gasteiger partial charge in [0, 0.05) is 51.4 Å². The molecular weight excluding hydrogens is 368 g/mol. The second-order valence-corrected chi connectivity index (χ2v) is 9.27. The monoisotopic (exact) mass is 394 g/mol. The number of methoxy groups -OCH3 is 1. The average molecular weight is 394 g/mol. The number of para-hydroxylation sites is 2. The highest BCUT2D eigenvalue weighted by Gasteiger charge is 2.35. The SMILES string of the molecule is COc1ccccc1-n1cc(CN2C[C@@H](CS(=O)(=O)N(C)C)[C@@H](O)C2)cn1. The van der Waals surface area contributed by atoms with Gasteiger partial charge in [-0.1, -0.05) is 12.1 Å². The second kappa shape index (κ2) is 7.97. The topological polar surface area (TPSA) is 87.9 Å². The summed E-state index contributed by atoms with van der Waals surface area (Å²) in [7, 11) is 1.32. The minimum absolute atomic E-state index is 0.0435. The van der Waals surface area contributed by atoms with Gasteiger partial charge in [0.25, 0.3) is 0 Å². The number of aliphatic hydroxyl groups excluding tert-OH is 1. The number of hydrogen-bond acceptors (Lipinski definition) is 6. The van der Waals surface area contributed by atoms with E-state index >= 15 is 0 Å². The zero-order chi connectivity index (χ0) is 19.6. The van der Waals surface area contributed by atoms with Gasteiger partial charge in [-0.2, -0.15) is 5.10 Å². The van der Waals surface area contributed by atoms with E-state index in [-0.39, 0.29) is 11.7 Å². The van der Waals surface area contributed by atoms with Crippen LogP contribution in [0.15, 0.2) is 36.7 Å². The lowest BCUT2D eigenvalue weighted by Gasteiger charge is -2.17. The van der Waals surface area contributed by atoms with Crippen LogP contribution in [-0.4, -0.2) is 78.7 Å². The van der Waals surface area contributed by atoms with Gasteiger partial charge in [-0.15, -0.1) is 0 Å². The number of nitrogens with zero attached hydrogens (tertiary/aromatic N) is 4. The van der Waals surface area contributed by atoms with Crippen molar-refractivity contribution in [2.24, 2.45) is 5.92 Å². The fourth-order valence-corrected chi connectivity index (χ4v) is 4.47. The Balaban J connectivity index is 1.66. The summed E-state index contributed by atoms with van der Waals surface area (Å²) in [5.74, 6) is 0.400. The lowest BCUT2D eigenvalue weighted by Crippen LogP contribution is -2.33. The molecule has 9 heteroatoms. The number of β-amino-alcohol motifs (C(OH)–C–C–N with tert-alkyl or cyclic N) is 1. The summed E-state index contributed by atoms with van der Waals surface area (Å²) in [6.45, 7) is 1.59. The van der Waals surface area contributed by atoms with E-state index in [9.17, 15) is 13.5 Å². The van der Waals surface area contributed by atoms with Crippen molar-refractivity contribution in [3.8, 4) is 11.4 Å². The van der Waals surface area contributed by atoms with Gasteiger partial charge < -0.3 is 9.84 Å². The van der Waals surface area contributed by atoms with Gasteiger partial charge in [-0.25, -0.2) is 17.4 Å². The van der Waals surface area contributed by atoms with Crippen LogP contribution in [0.1, 0.15) is 5.56 Å². The molecule has 2 aromatic rings. The Labute approximate surface area is 160 Å². The fourth-order valence-electron chi connectivity index (χ4n) is 3.30. The van der Waals surface area contributed by atoms with Crippen LogP contribution in [-0.2, 0) is 16.6 Å². The normalized spacial score (nSPS) is 21.1. The Morgan fingerprint density at radius 2 is 2.04 bits per heavy atom. The van der Waals surface area contributed by atoms with Crippen molar-refractivity contribution >= 4 is 10.0 Å². The third-order valence-corrected chi connectivity index (χ3v) is 6.80. The first-order valence-corrected chi connectivity index (χ1v) is 10.4. The van der Waals surface area contributed by atoms with E-state index < -0.39 is 16.1 Å². The summed E-state index contributed by atoms with van der Waals surface area (Å²) in [5, 5.41) is 14.7. The van der Waals surface area contributed by atoms with Gasteiger partial charge in [0.1, 0.15) is 11.4 Å². The van der Waals surface area contributed by atoms with E-state index in [1.54, 1.807) is 18.0 Å². The van der Waals surface area contributed by atoms with E-state index in [0.29, 0.717) is 19.6 Å². The van der Waals surface area contributed by atoms with Crippen LogP contribution in [0.25, 0.3) is 5.69 Å². The maximum atomic E-state index is 12.1. The van der Waals surface area contributed by atoms with Gasteiger partial charge in [-0.05, 0) is 12.1 Å². The van der Waals surface area contributed by atoms with E-state index in [4.69, 9.17) is 4.74 Å². The number of hydrogen-bond donors (Lipinski definition) is 1. The summed E-state index contributed by atoms with van der Waals surface area (Å²) in [5.41, 5.74) is 1.84. The maximum Gasteiger partial charge on any atom is 0.214 e. The molecule has 1 aromatic carbocycles. The van der Waals surface area contributed by atoms with Gasteiger partial charge in [0.05, 0.1) is 25.2 Å². The van der Waals surface area contributed by atoms with Gasteiger partial charge in [0.2, 0.25) is 10.0 Å². The first kappa shape index (κ1) is 19.8. The summed E-state index contributed by atoms with van der Waals surface area (Å²) in [4.78, 5) is 2.06. The molecule has 1 saturated heterocycles. The lowest BCUT2D eigenvalue weighted by molar-refractivity contribution is 0.148. The van der Waals surface area contributed by atoms with Crippen LogP contribution in [0.3, 0.4) is 0 Å². The summed E-state index contributed by atoms with van der Waals surface area (Å²) >= 11 is 0. The van der Waals surface area contributed by atoms with E-state index in [0.717, 1.165) is 17.0 Å². The second-order valence-electron chi connectivity index (χ2n) is 7.05. The van der Waals surface area contributed by atoms with Gasteiger partial charge >= 0.3 is 0 Å². The molecule has 1 fully saturated rings. The summed E-state index contributed by atoms with van der Waals surface area (Å²) < 4.78 is 32.5. The van der Waals surface area contributed by atoms with E-state index in [2.05, 4.69) is 10.00 Å². The Hall–Kier alpha value is -1.94. The zero-order valence-electron chi connectivity index (χ0n) is 15.8. The molecule has 0 radical (unpaired) electrons. The van der Waals surface area contributed by atoms with Crippen molar-refractivity contribution in [2.45, 2.75) is 12.6 Å². The molecule has 0 aliphatic carbocycles. The number of likely N-dealkylation sites (tertiary alicyclic amines) is 1. The molecule has 1 aliphatic rings. The van der Waals surface area contributed by atoms with Crippen molar-refractivity contribution in [3.63, 3.8) is 0 Å². The number of sulfonamides is 1. The molecule has 1 N–H and O–H groups in total. The molecule has 1 aliphatic heterocycles. The zero-order valence-corrected chi connectivity index (χ0v) is 16.6. The Kier molecular flexibility index (Phi) is 5.85. The van der Waals surface area contributed by atoms with Crippen molar-refractivity contribution in [1.82, 2.24) is 19.0 Å². The fraction of sp³-hybridized carbons (Fsp3) is 0.500. The molecule has 27 heavy (non-hydrogen) atoms. The summed E-state index contributed by atoms with van der Waals surface area (Å²) in [6.07, 6.45) is 3.06. The minimum atomic E-state index is -3.33. The molecule has 0 amide bonds. The van der Waals surface area contributed by atoms with Crippen LogP contribution >= 0.6 is 0 Å². The number of benzene rings is 1. The predicted molar refractivity (Wildman–Crippen MR) is 102 cm³/mol. The van der Waals surface area contributed by atoms with Crippen molar-refractivity contribution in [2.75, 3.05) is 40.0 Å². The highest BCUT2D eigenvalue weighted by atomic mass is 32.2. The quantitative estimate of drug-likeness (QED) is 0.739. The molecule has 1 aromatic heterocycles. The number of rotatable bonds is 7. The van der Waals surface area contributed by atoms with Crippen LogP contribution in [0, 0.1) is 5.92 Å². The van der Waals surface area contributed by atoms with E-state index in [1.165, 1.54) is 18.4 Å². The average Bonchev–Trinajstić information content (AvgIpc) is 3.21.